The van der Waals surface area contributed by atoms with E-state index in [0.717, 1.165) is 35.6 Å². The van der Waals surface area contributed by atoms with Gasteiger partial charge in [-0.3, -0.25) is 14.1 Å². The number of ether oxygens (including phenoxy) is 1. The Balaban J connectivity index is 0.000000785. The van der Waals surface area contributed by atoms with Crippen LogP contribution in [0.4, 0.5) is 24.1 Å². The Bertz CT molecular complexity index is 1990. The van der Waals surface area contributed by atoms with E-state index < -0.39 is 70.3 Å². The Kier molecular flexibility index (Phi) is 11.7. The average molecular weight is 779 g/mol. The number of hydroxylamine groups is 2. The van der Waals surface area contributed by atoms with Crippen molar-refractivity contribution in [1.29, 1.82) is 0 Å². The second-order valence-corrected chi connectivity index (χ2v) is 13.2. The van der Waals surface area contributed by atoms with Gasteiger partial charge in [-0.15, -0.1) is 15.6 Å². The van der Waals surface area contributed by atoms with Crippen LogP contribution in [0.3, 0.4) is 0 Å². The highest BCUT2D eigenvalue weighted by Crippen LogP contribution is 2.33. The number of nitrogens with zero attached hydrogens (tertiary/aromatic N) is 4. The fourth-order valence-electron chi connectivity index (χ4n) is 4.33. The third-order valence-electron chi connectivity index (χ3n) is 7.09. The molecule has 2 aliphatic rings. The first-order valence-corrected chi connectivity index (χ1v) is 16.7. The molecule has 5 rings (SSSR count). The Labute approximate surface area is 294 Å². The topological polar surface area (TPSA) is 294 Å². The van der Waals surface area contributed by atoms with Gasteiger partial charge in [0.2, 0.25) is 0 Å². The molecular formula is C27H29F3N8O12S2. The molecule has 8 N–H and O–H groups in total. The van der Waals surface area contributed by atoms with Gasteiger partial charge >= 0.3 is 28.5 Å². The Morgan fingerprint density at radius 3 is 2.38 bits per heavy atom. The van der Waals surface area contributed by atoms with E-state index in [9.17, 15) is 41.1 Å². The first-order valence-electron chi connectivity index (χ1n) is 14.5. The second kappa shape index (κ2) is 15.5. The van der Waals surface area contributed by atoms with Crippen molar-refractivity contribution >= 4 is 73.1 Å². The predicted molar refractivity (Wildman–Crippen MR) is 172 cm³/mol. The smallest absolute Gasteiger partial charge is 0.489 e. The number of aliphatic carboxylic acids is 2. The number of aromatic nitrogens is 2. The first-order chi connectivity index (χ1) is 24.2. The van der Waals surface area contributed by atoms with Gasteiger partial charge in [0, 0.05) is 23.9 Å². The molecule has 0 bridgehead atoms. The molecule has 2 aromatic heterocycles. The van der Waals surface area contributed by atoms with Gasteiger partial charge in [-0.2, -0.15) is 26.7 Å². The highest BCUT2D eigenvalue weighted by atomic mass is 32.3. The number of pyridine rings is 1. The maximum absolute atomic E-state index is 13.2. The molecule has 2 unspecified atom stereocenters. The molecule has 2 amide bonds. The largest absolute Gasteiger partial charge is 0.490 e. The number of carboxylic acids is 2. The lowest BCUT2D eigenvalue weighted by Crippen LogP contribution is -2.76. The summed E-state index contributed by atoms with van der Waals surface area (Å²) < 4.78 is 72.8. The van der Waals surface area contributed by atoms with Crippen LogP contribution in [0.2, 0.25) is 0 Å². The summed E-state index contributed by atoms with van der Waals surface area (Å²) in [5, 5.41) is 32.0. The number of carboxylic acid groups (broad SMARTS) is 2. The summed E-state index contributed by atoms with van der Waals surface area (Å²) in [6.07, 6.45) is -6.76. The summed E-state index contributed by atoms with van der Waals surface area (Å²) in [5.41, 5.74) is 4.36. The monoisotopic (exact) mass is 778 g/mol. The van der Waals surface area contributed by atoms with Gasteiger partial charge in [0.1, 0.15) is 29.9 Å². The molecule has 2 saturated heterocycles. The summed E-state index contributed by atoms with van der Waals surface area (Å²) in [6, 6.07) is 7.71. The van der Waals surface area contributed by atoms with Crippen LogP contribution in [-0.4, -0.2) is 117 Å². The zero-order valence-corrected chi connectivity index (χ0v) is 28.3. The number of alkyl halides is 3. The Morgan fingerprint density at radius 1 is 1.19 bits per heavy atom. The predicted octanol–water partition coefficient (Wildman–Crippen LogP) is 0.383. The molecule has 2 atom stereocenters. The molecule has 20 nitrogen and oxygen atoms in total. The van der Waals surface area contributed by atoms with Gasteiger partial charge in [-0.25, -0.2) is 19.6 Å². The maximum atomic E-state index is 13.2. The number of oxime groups is 1. The molecule has 4 heterocycles. The molecule has 0 radical (unpaired) electrons. The van der Waals surface area contributed by atoms with Gasteiger partial charge in [0.05, 0.1) is 17.1 Å². The van der Waals surface area contributed by atoms with E-state index in [-0.39, 0.29) is 10.8 Å². The van der Waals surface area contributed by atoms with Crippen LogP contribution in [-0.2, 0) is 38.7 Å². The lowest BCUT2D eigenvalue weighted by atomic mass is 9.84. The molecular weight excluding hydrogens is 749 g/mol. The lowest BCUT2D eigenvalue weighted by Gasteiger charge is -2.50. The summed E-state index contributed by atoms with van der Waals surface area (Å²) in [5.74, 6) is -5.15. The molecule has 3 aromatic rings. The zero-order chi connectivity index (χ0) is 38.6. The highest BCUT2D eigenvalue weighted by molar-refractivity contribution is 7.80. The highest BCUT2D eigenvalue weighted by Gasteiger charge is 2.58. The average Bonchev–Trinajstić information content (AvgIpc) is 3.46. The van der Waals surface area contributed by atoms with Gasteiger partial charge < -0.3 is 41.5 Å². The van der Waals surface area contributed by atoms with Crippen LogP contribution < -0.4 is 26.4 Å². The minimum atomic E-state index is -5.08. The van der Waals surface area contributed by atoms with Crippen LogP contribution in [0.15, 0.2) is 40.9 Å². The van der Waals surface area contributed by atoms with E-state index >= 15 is 0 Å². The van der Waals surface area contributed by atoms with Crippen LogP contribution in [0.1, 0.15) is 19.5 Å². The molecule has 0 aliphatic carbocycles. The Hall–Kier alpha value is -5.37. The molecule has 2 aliphatic heterocycles. The van der Waals surface area contributed by atoms with E-state index in [1.807, 2.05) is 12.1 Å². The molecule has 1 aromatic carbocycles. The number of rotatable bonds is 13. The van der Waals surface area contributed by atoms with E-state index in [1.54, 1.807) is 18.2 Å². The number of halogens is 3. The summed E-state index contributed by atoms with van der Waals surface area (Å²) in [7, 11) is -5.01. The molecule has 2 fully saturated rings. The number of carbonyl (C=O) groups is 4. The first kappa shape index (κ1) is 39.4. The number of benzene rings is 1. The molecule has 282 valence electrons. The number of nitrogens with two attached hydrogens (primary N) is 1. The molecule has 52 heavy (non-hydrogen) atoms. The van der Waals surface area contributed by atoms with Crippen LogP contribution >= 0.6 is 11.3 Å². The molecule has 0 spiro atoms. The van der Waals surface area contributed by atoms with Crippen molar-refractivity contribution in [3.05, 3.63) is 41.4 Å². The fraction of sp³-hybridized carbons (Fsp3) is 0.370. The fourth-order valence-corrected chi connectivity index (χ4v) is 5.33. The number of hydrogen-bond donors (Lipinski definition) is 7. The summed E-state index contributed by atoms with van der Waals surface area (Å²) in [6.45, 7) is 3.94. The van der Waals surface area contributed by atoms with Gasteiger partial charge in [-0.1, -0.05) is 5.16 Å². The third kappa shape index (κ3) is 9.90. The van der Waals surface area contributed by atoms with Crippen molar-refractivity contribution < 1.29 is 69.4 Å². The number of fused-ring (bicyclic) bond motifs is 1. The van der Waals surface area contributed by atoms with E-state index in [0.29, 0.717) is 22.4 Å². The SMILES string of the molecule is CC1(C)C(NC(=O)C(=NOC(COc2ccc3nc(NC4CNC4)ccc3c2)C(=O)O)c2csc(N)n2)C(=O)N1OS(=O)(=O)O.O=C(O)C(F)(F)F. The standard InChI is InChI=1S/C25H28N8O10S2.C2HF3O2/c1-25(2)20(22(35)33(25)43-45(38,39)40)31-21(34)19(16-11-44-24(26)30-16)32-42-17(23(36)37)10-41-14-4-5-15-12(7-14)3-6-18(29-15)28-13-8-27-9-13;3-2(4,5)1(6)7/h3-7,11,13,17,20,27H,8-10H2,1-2H3,(H2,26,30)(H,28,29)(H,31,34)(H,36,37)(H,38,39,40);(H,6,7). The Morgan fingerprint density at radius 2 is 1.87 bits per heavy atom. The molecule has 0 saturated carbocycles. The van der Waals surface area contributed by atoms with Gasteiger partial charge in [0.25, 0.3) is 17.9 Å². The lowest BCUT2D eigenvalue weighted by molar-refractivity contribution is -0.218. The summed E-state index contributed by atoms with van der Waals surface area (Å²) in [4.78, 5) is 60.3. The minimum Gasteiger partial charge on any atom is -0.489 e. The van der Waals surface area contributed by atoms with Gasteiger partial charge in [-0.05, 0) is 44.2 Å². The van der Waals surface area contributed by atoms with Crippen molar-refractivity contribution in [2.24, 2.45) is 5.16 Å². The second-order valence-electron chi connectivity index (χ2n) is 11.3. The minimum absolute atomic E-state index is 0.0603. The van der Waals surface area contributed by atoms with Crippen molar-refractivity contribution in [2.45, 2.75) is 43.8 Å². The van der Waals surface area contributed by atoms with Crippen molar-refractivity contribution in [1.82, 2.24) is 25.7 Å². The van der Waals surface area contributed by atoms with Crippen molar-refractivity contribution in [3.8, 4) is 5.75 Å². The van der Waals surface area contributed by atoms with E-state index in [1.165, 1.54) is 19.2 Å². The number of β-lactam (4-membered cyclic amide) rings is 1. The normalized spacial score (nSPS) is 17.9. The number of anilines is 2. The number of nitrogen functional groups attached to an aromatic ring is 1. The van der Waals surface area contributed by atoms with Crippen LogP contribution in [0.5, 0.6) is 5.75 Å². The van der Waals surface area contributed by atoms with Crippen LogP contribution in [0, 0.1) is 0 Å². The zero-order valence-electron chi connectivity index (χ0n) is 26.6. The van der Waals surface area contributed by atoms with Crippen molar-refractivity contribution in [2.75, 3.05) is 30.7 Å². The maximum Gasteiger partial charge on any atom is 0.490 e. The third-order valence-corrected chi connectivity index (χ3v) is 8.10. The quantitative estimate of drug-likeness (QED) is 0.0534. The molecule has 25 heteroatoms. The summed E-state index contributed by atoms with van der Waals surface area (Å²) >= 11 is 0.960. The van der Waals surface area contributed by atoms with E-state index in [4.69, 9.17) is 29.8 Å². The number of amides is 2. The number of hydrogen-bond acceptors (Lipinski definition) is 16. The van der Waals surface area contributed by atoms with Crippen molar-refractivity contribution in [3.63, 3.8) is 0 Å². The van der Waals surface area contributed by atoms with E-state index in [2.05, 4.69) is 35.4 Å². The van der Waals surface area contributed by atoms with Gasteiger partial charge in [0.15, 0.2) is 10.8 Å². The van der Waals surface area contributed by atoms with Crippen LogP contribution in [0.25, 0.3) is 10.9 Å². The number of nitrogens with one attached hydrogen (secondary N) is 3. The number of thiazole rings is 1. The number of carbonyl (C=O) groups excluding carboxylic acids is 2.